The number of halogens is 1. The average Bonchev–Trinajstić information content (AvgIpc) is 2.49. The maximum absolute atomic E-state index is 12.4. The highest BCUT2D eigenvalue weighted by atomic mass is 35.5. The monoisotopic (exact) mass is 356 g/mol. The predicted molar refractivity (Wildman–Crippen MR) is 86.6 cm³/mol. The number of benzene rings is 2. The zero-order valence-electron chi connectivity index (χ0n) is 12.2. The van der Waals surface area contributed by atoms with E-state index >= 15 is 0 Å². The van der Waals surface area contributed by atoms with Gasteiger partial charge in [-0.3, -0.25) is 14.8 Å². The highest BCUT2D eigenvalue weighted by Crippen LogP contribution is 2.30. The Bertz CT molecular complexity index is 867. The predicted octanol–water partition coefficient (Wildman–Crippen LogP) is 3.37. The smallest absolute Gasteiger partial charge is 0.275 e. The Morgan fingerprint density at radius 2 is 1.96 bits per heavy atom. The van der Waals surface area contributed by atoms with Crippen molar-refractivity contribution in [3.63, 3.8) is 0 Å². The fourth-order valence-corrected chi connectivity index (χ4v) is 3.26. The lowest BCUT2D eigenvalue weighted by atomic mass is 10.2. The van der Waals surface area contributed by atoms with Crippen molar-refractivity contribution in [1.82, 2.24) is 0 Å². The van der Waals surface area contributed by atoms with E-state index < -0.39 is 14.9 Å². The Hall–Kier alpha value is -2.32. The molecule has 0 saturated carbocycles. The minimum absolute atomic E-state index is 0.00483. The molecule has 0 bridgehead atoms. The van der Waals surface area contributed by atoms with Crippen LogP contribution in [0.3, 0.4) is 0 Å². The van der Waals surface area contributed by atoms with Gasteiger partial charge in [0.1, 0.15) is 5.75 Å². The summed E-state index contributed by atoms with van der Waals surface area (Å²) in [5.74, 6) is 0.470. The van der Waals surface area contributed by atoms with E-state index in [1.807, 2.05) is 0 Å². The van der Waals surface area contributed by atoms with Crippen LogP contribution in [0.5, 0.6) is 5.75 Å². The number of hydrogen-bond donors (Lipinski definition) is 1. The first kappa shape index (κ1) is 17.0. The molecule has 0 unspecified atom stereocenters. The van der Waals surface area contributed by atoms with Gasteiger partial charge in [-0.25, -0.2) is 8.42 Å². The number of rotatable bonds is 5. The maximum Gasteiger partial charge on any atom is 0.275 e. The molecule has 0 radical (unpaired) electrons. The quantitative estimate of drug-likeness (QED) is 0.654. The summed E-state index contributed by atoms with van der Waals surface area (Å²) in [5, 5.41) is 11.0. The van der Waals surface area contributed by atoms with Crippen LogP contribution in [0.4, 0.5) is 11.4 Å². The molecule has 122 valence electrons. The van der Waals surface area contributed by atoms with Crippen LogP contribution < -0.4 is 9.46 Å². The van der Waals surface area contributed by atoms with E-state index in [9.17, 15) is 18.5 Å². The lowest BCUT2D eigenvalue weighted by Crippen LogP contribution is -2.13. The van der Waals surface area contributed by atoms with E-state index in [2.05, 4.69) is 4.72 Å². The molecule has 7 nitrogen and oxygen atoms in total. The minimum Gasteiger partial charge on any atom is -0.497 e. The van der Waals surface area contributed by atoms with Gasteiger partial charge in [0, 0.05) is 17.7 Å². The molecule has 0 saturated heterocycles. The summed E-state index contributed by atoms with van der Waals surface area (Å²) in [5.41, 5.74) is 0.115. The van der Waals surface area contributed by atoms with Crippen LogP contribution in [0, 0.1) is 17.0 Å². The van der Waals surface area contributed by atoms with E-state index in [-0.39, 0.29) is 26.9 Å². The molecule has 2 rings (SSSR count). The lowest BCUT2D eigenvalue weighted by molar-refractivity contribution is -0.385. The molecule has 1 N–H and O–H groups in total. The van der Waals surface area contributed by atoms with Gasteiger partial charge in [-0.15, -0.1) is 0 Å². The highest BCUT2D eigenvalue weighted by Gasteiger charge is 2.22. The van der Waals surface area contributed by atoms with Crippen molar-refractivity contribution < 1.29 is 18.1 Å². The molecule has 0 aliphatic carbocycles. The van der Waals surface area contributed by atoms with Crippen molar-refractivity contribution in [3.05, 3.63) is 57.1 Å². The maximum atomic E-state index is 12.4. The Kier molecular flexibility index (Phi) is 4.76. The fourth-order valence-electron chi connectivity index (χ4n) is 1.89. The number of nitrogens with zero attached hydrogens (tertiary/aromatic N) is 1. The third-order valence-corrected chi connectivity index (χ3v) is 4.87. The number of anilines is 1. The first-order valence-corrected chi connectivity index (χ1v) is 8.22. The SMILES string of the molecule is COc1cccc(NS(=O)(=O)c2cc(Cl)c(C)c([N+](=O)[O-])c2)c1. The number of ether oxygens (including phenoxy) is 1. The van der Waals surface area contributed by atoms with Crippen molar-refractivity contribution in [2.75, 3.05) is 11.8 Å². The largest absolute Gasteiger partial charge is 0.497 e. The van der Waals surface area contributed by atoms with Gasteiger partial charge in [0.05, 0.1) is 27.6 Å². The van der Waals surface area contributed by atoms with Crippen LogP contribution in [0.25, 0.3) is 0 Å². The van der Waals surface area contributed by atoms with Gasteiger partial charge in [0.15, 0.2) is 0 Å². The second-order valence-corrected chi connectivity index (χ2v) is 6.73. The van der Waals surface area contributed by atoms with E-state index in [1.54, 1.807) is 12.1 Å². The summed E-state index contributed by atoms with van der Waals surface area (Å²) in [4.78, 5) is 10.0. The number of nitrogens with one attached hydrogen (secondary N) is 1. The zero-order valence-corrected chi connectivity index (χ0v) is 13.8. The van der Waals surface area contributed by atoms with Gasteiger partial charge in [-0.2, -0.15) is 0 Å². The standard InChI is InChI=1S/C14H13ClN2O5S/c1-9-13(15)7-12(8-14(9)17(18)19)23(20,21)16-10-4-3-5-11(6-10)22-2/h3-8,16H,1-2H3. The molecule has 2 aromatic rings. The molecule has 23 heavy (non-hydrogen) atoms. The summed E-state index contributed by atoms with van der Waals surface area (Å²) < 4.78 is 32.2. The van der Waals surface area contributed by atoms with Crippen molar-refractivity contribution in [2.45, 2.75) is 11.8 Å². The van der Waals surface area contributed by atoms with E-state index in [4.69, 9.17) is 16.3 Å². The normalized spacial score (nSPS) is 11.1. The second-order valence-electron chi connectivity index (χ2n) is 4.64. The van der Waals surface area contributed by atoms with Crippen molar-refractivity contribution in [1.29, 1.82) is 0 Å². The van der Waals surface area contributed by atoms with Gasteiger partial charge in [0.25, 0.3) is 15.7 Å². The molecular formula is C14H13ClN2O5S. The molecule has 0 fully saturated rings. The summed E-state index contributed by atoms with van der Waals surface area (Å²) >= 11 is 5.90. The van der Waals surface area contributed by atoms with Gasteiger partial charge in [-0.1, -0.05) is 17.7 Å². The molecular weight excluding hydrogens is 344 g/mol. The fraction of sp³-hybridized carbons (Fsp3) is 0.143. The summed E-state index contributed by atoms with van der Waals surface area (Å²) in [7, 11) is -2.57. The molecule has 0 spiro atoms. The minimum atomic E-state index is -4.03. The van der Waals surface area contributed by atoms with Gasteiger partial charge in [-0.05, 0) is 25.1 Å². The van der Waals surface area contributed by atoms with E-state index in [1.165, 1.54) is 32.2 Å². The summed E-state index contributed by atoms with van der Waals surface area (Å²) in [6, 6.07) is 8.44. The molecule has 2 aromatic carbocycles. The van der Waals surface area contributed by atoms with Crippen LogP contribution in [0.2, 0.25) is 5.02 Å². The molecule has 0 aliphatic heterocycles. The van der Waals surface area contributed by atoms with E-state index in [0.717, 1.165) is 6.07 Å². The molecule has 0 heterocycles. The molecule has 0 aliphatic rings. The average molecular weight is 357 g/mol. The number of sulfonamides is 1. The van der Waals surface area contributed by atoms with Crippen LogP contribution in [0.15, 0.2) is 41.3 Å². The zero-order chi connectivity index (χ0) is 17.2. The number of hydrogen-bond acceptors (Lipinski definition) is 5. The third kappa shape index (κ3) is 3.72. The van der Waals surface area contributed by atoms with Crippen molar-refractivity contribution >= 4 is 33.0 Å². The molecule has 0 atom stereocenters. The molecule has 0 amide bonds. The lowest BCUT2D eigenvalue weighted by Gasteiger charge is -2.10. The van der Waals surface area contributed by atoms with E-state index in [0.29, 0.717) is 5.75 Å². The number of nitro groups is 1. The van der Waals surface area contributed by atoms with Crippen LogP contribution in [0.1, 0.15) is 5.56 Å². The Morgan fingerprint density at radius 3 is 2.57 bits per heavy atom. The second kappa shape index (κ2) is 6.43. The third-order valence-electron chi connectivity index (χ3n) is 3.12. The van der Waals surface area contributed by atoms with Gasteiger partial charge >= 0.3 is 0 Å². The molecule has 9 heteroatoms. The Balaban J connectivity index is 2.45. The van der Waals surface area contributed by atoms with Gasteiger partial charge in [0.2, 0.25) is 0 Å². The Labute approximate surface area is 138 Å². The summed E-state index contributed by atoms with van der Waals surface area (Å²) in [6.07, 6.45) is 0. The van der Waals surface area contributed by atoms with Crippen LogP contribution in [-0.4, -0.2) is 20.5 Å². The van der Waals surface area contributed by atoms with Crippen LogP contribution >= 0.6 is 11.6 Å². The number of nitro benzene ring substituents is 1. The Morgan fingerprint density at radius 1 is 1.26 bits per heavy atom. The first-order valence-electron chi connectivity index (χ1n) is 6.36. The first-order chi connectivity index (χ1) is 10.7. The molecule has 0 aromatic heterocycles. The topological polar surface area (TPSA) is 98.5 Å². The highest BCUT2D eigenvalue weighted by molar-refractivity contribution is 7.92. The summed E-state index contributed by atoms with van der Waals surface area (Å²) in [6.45, 7) is 1.45. The van der Waals surface area contributed by atoms with Crippen molar-refractivity contribution in [2.24, 2.45) is 0 Å². The van der Waals surface area contributed by atoms with Crippen molar-refractivity contribution in [3.8, 4) is 5.75 Å². The number of methoxy groups -OCH3 is 1. The van der Waals surface area contributed by atoms with Gasteiger partial charge < -0.3 is 4.74 Å². The van der Waals surface area contributed by atoms with Crippen LogP contribution in [-0.2, 0) is 10.0 Å².